The predicted molar refractivity (Wildman–Crippen MR) is 81.4 cm³/mol. The van der Waals surface area contributed by atoms with Crippen LogP contribution in [0.1, 0.15) is 11.1 Å². The number of hydrogen-bond acceptors (Lipinski definition) is 3. The topological polar surface area (TPSA) is 39.9 Å². The average molecular weight is 279 g/mol. The summed E-state index contributed by atoms with van der Waals surface area (Å²) in [5.41, 5.74) is 4.34. The van der Waals surface area contributed by atoms with Gasteiger partial charge < -0.3 is 4.74 Å². The lowest BCUT2D eigenvalue weighted by atomic mass is 10.1. The van der Waals surface area contributed by atoms with E-state index in [0.29, 0.717) is 13.3 Å². The predicted octanol–water partition coefficient (Wildman–Crippen LogP) is 3.43. The number of rotatable bonds is 5. The van der Waals surface area contributed by atoms with Crippen LogP contribution < -0.4 is 0 Å². The summed E-state index contributed by atoms with van der Waals surface area (Å²) in [5, 5.41) is 4.58. The Morgan fingerprint density at radius 3 is 2.57 bits per heavy atom. The van der Waals surface area contributed by atoms with Gasteiger partial charge in [0.05, 0.1) is 12.3 Å². The first-order valence-electron chi connectivity index (χ1n) is 6.89. The fourth-order valence-electron chi connectivity index (χ4n) is 2.21. The quantitative estimate of drug-likeness (QED) is 0.718. The van der Waals surface area contributed by atoms with Crippen molar-refractivity contribution in [2.24, 2.45) is 0 Å². The summed E-state index contributed by atoms with van der Waals surface area (Å²) < 4.78 is 7.53. The van der Waals surface area contributed by atoms with Crippen molar-refractivity contribution in [3.63, 3.8) is 0 Å². The lowest BCUT2D eigenvalue weighted by molar-refractivity contribution is 0.0562. The Hall–Kier alpha value is -2.46. The molecule has 1 aromatic carbocycles. The molecule has 3 rings (SSSR count). The Labute approximate surface area is 124 Å². The molecule has 4 nitrogen and oxygen atoms in total. The van der Waals surface area contributed by atoms with Gasteiger partial charge in [-0.25, -0.2) is 4.68 Å². The molecule has 21 heavy (non-hydrogen) atoms. The maximum atomic E-state index is 5.70. The molecule has 0 aliphatic heterocycles. The van der Waals surface area contributed by atoms with E-state index in [0.717, 1.165) is 22.4 Å². The Balaban J connectivity index is 1.65. The van der Waals surface area contributed by atoms with E-state index in [1.54, 1.807) is 12.4 Å². The van der Waals surface area contributed by atoms with E-state index in [2.05, 4.69) is 29.1 Å². The van der Waals surface area contributed by atoms with Crippen LogP contribution in [-0.4, -0.2) is 14.8 Å². The maximum absolute atomic E-state index is 5.70. The summed E-state index contributed by atoms with van der Waals surface area (Å²) >= 11 is 0. The van der Waals surface area contributed by atoms with Gasteiger partial charge >= 0.3 is 0 Å². The second-order valence-electron chi connectivity index (χ2n) is 4.90. The molecule has 0 aliphatic carbocycles. The fraction of sp³-hybridized carbons (Fsp3) is 0.176. The lowest BCUT2D eigenvalue weighted by Gasteiger charge is -2.04. The van der Waals surface area contributed by atoms with Gasteiger partial charge in [-0.15, -0.1) is 0 Å². The third-order valence-electron chi connectivity index (χ3n) is 3.23. The number of aryl methyl sites for hydroxylation is 1. The van der Waals surface area contributed by atoms with Gasteiger partial charge in [-0.2, -0.15) is 5.10 Å². The zero-order chi connectivity index (χ0) is 14.5. The van der Waals surface area contributed by atoms with Crippen molar-refractivity contribution >= 4 is 0 Å². The van der Waals surface area contributed by atoms with Gasteiger partial charge in [0.2, 0.25) is 0 Å². The van der Waals surface area contributed by atoms with Gasteiger partial charge in [-0.05, 0) is 30.2 Å². The van der Waals surface area contributed by atoms with Crippen LogP contribution in [0.5, 0.6) is 0 Å². The zero-order valence-corrected chi connectivity index (χ0v) is 11.9. The molecule has 106 valence electrons. The molecule has 0 amide bonds. The molecule has 2 aromatic heterocycles. The van der Waals surface area contributed by atoms with Crippen molar-refractivity contribution in [3.05, 3.63) is 72.2 Å². The summed E-state index contributed by atoms with van der Waals surface area (Å²) in [7, 11) is 0. The number of nitrogens with zero attached hydrogens (tertiary/aromatic N) is 3. The molecule has 0 aliphatic rings. The van der Waals surface area contributed by atoms with Gasteiger partial charge in [-0.3, -0.25) is 4.98 Å². The molecule has 4 heteroatoms. The van der Waals surface area contributed by atoms with E-state index in [9.17, 15) is 0 Å². The fourth-order valence-corrected chi connectivity index (χ4v) is 2.21. The Bertz CT molecular complexity index is 693. The summed E-state index contributed by atoms with van der Waals surface area (Å²) in [4.78, 5) is 4.03. The molecule has 0 spiro atoms. The number of pyridine rings is 1. The number of hydrogen-bond donors (Lipinski definition) is 0. The van der Waals surface area contributed by atoms with Crippen molar-refractivity contribution in [1.29, 1.82) is 0 Å². The van der Waals surface area contributed by atoms with Crippen molar-refractivity contribution in [3.8, 4) is 11.3 Å². The van der Waals surface area contributed by atoms with Gasteiger partial charge in [0.25, 0.3) is 0 Å². The molecule has 2 heterocycles. The number of benzene rings is 1. The molecule has 0 saturated carbocycles. The minimum Gasteiger partial charge on any atom is -0.355 e. The first-order chi connectivity index (χ1) is 10.3. The second kappa shape index (κ2) is 6.33. The van der Waals surface area contributed by atoms with E-state index in [1.807, 2.05) is 41.2 Å². The molecule has 0 radical (unpaired) electrons. The van der Waals surface area contributed by atoms with E-state index >= 15 is 0 Å². The number of ether oxygens (including phenoxy) is 1. The maximum Gasteiger partial charge on any atom is 0.139 e. The Morgan fingerprint density at radius 2 is 1.81 bits per heavy atom. The molecule has 0 bridgehead atoms. The van der Waals surface area contributed by atoms with Crippen LogP contribution in [0.15, 0.2) is 61.1 Å². The average Bonchev–Trinajstić information content (AvgIpc) is 2.90. The number of aromatic nitrogens is 3. The van der Waals surface area contributed by atoms with Crippen LogP contribution in [0.4, 0.5) is 0 Å². The molecule has 0 fully saturated rings. The van der Waals surface area contributed by atoms with Crippen LogP contribution in [0.3, 0.4) is 0 Å². The van der Waals surface area contributed by atoms with Gasteiger partial charge in [-0.1, -0.05) is 30.3 Å². The highest BCUT2D eigenvalue weighted by molar-refractivity contribution is 5.61. The first kappa shape index (κ1) is 13.5. The highest BCUT2D eigenvalue weighted by Gasteiger charge is 2.07. The summed E-state index contributed by atoms with van der Waals surface area (Å²) in [6.45, 7) is 3.08. The van der Waals surface area contributed by atoms with Crippen LogP contribution >= 0.6 is 0 Å². The van der Waals surface area contributed by atoms with E-state index in [-0.39, 0.29) is 0 Å². The molecule has 0 atom stereocenters. The molecule has 3 aromatic rings. The zero-order valence-electron chi connectivity index (χ0n) is 11.9. The smallest absolute Gasteiger partial charge is 0.139 e. The van der Waals surface area contributed by atoms with Crippen molar-refractivity contribution in [1.82, 2.24) is 14.8 Å². The SMILES string of the molecule is Cc1cn(COCc2ccccc2)nc1-c1ccncc1. The third kappa shape index (κ3) is 3.35. The van der Waals surface area contributed by atoms with Gasteiger partial charge in [0.15, 0.2) is 0 Å². The van der Waals surface area contributed by atoms with Gasteiger partial charge in [0, 0.05) is 24.2 Å². The van der Waals surface area contributed by atoms with Crippen molar-refractivity contribution < 1.29 is 4.74 Å². The largest absolute Gasteiger partial charge is 0.355 e. The normalized spacial score (nSPS) is 10.7. The van der Waals surface area contributed by atoms with Crippen LogP contribution in [0, 0.1) is 6.92 Å². The second-order valence-corrected chi connectivity index (χ2v) is 4.90. The van der Waals surface area contributed by atoms with E-state index < -0.39 is 0 Å². The molecule has 0 saturated heterocycles. The molecule has 0 unspecified atom stereocenters. The Morgan fingerprint density at radius 1 is 1.05 bits per heavy atom. The highest BCUT2D eigenvalue weighted by atomic mass is 16.5. The summed E-state index contributed by atoms with van der Waals surface area (Å²) in [5.74, 6) is 0. The highest BCUT2D eigenvalue weighted by Crippen LogP contribution is 2.20. The lowest BCUT2D eigenvalue weighted by Crippen LogP contribution is -2.03. The van der Waals surface area contributed by atoms with Gasteiger partial charge in [0.1, 0.15) is 6.73 Å². The Kier molecular flexibility index (Phi) is 4.07. The molecular formula is C17H17N3O. The summed E-state index contributed by atoms with van der Waals surface area (Å²) in [6.07, 6.45) is 5.56. The van der Waals surface area contributed by atoms with E-state index in [4.69, 9.17) is 4.74 Å². The van der Waals surface area contributed by atoms with E-state index in [1.165, 1.54) is 0 Å². The molecular weight excluding hydrogens is 262 g/mol. The van der Waals surface area contributed by atoms with Crippen LogP contribution in [0.25, 0.3) is 11.3 Å². The monoisotopic (exact) mass is 279 g/mol. The third-order valence-corrected chi connectivity index (χ3v) is 3.23. The minimum atomic E-state index is 0.445. The molecule has 0 N–H and O–H groups in total. The van der Waals surface area contributed by atoms with Crippen molar-refractivity contribution in [2.45, 2.75) is 20.3 Å². The van der Waals surface area contributed by atoms with Crippen LogP contribution in [-0.2, 0) is 18.1 Å². The van der Waals surface area contributed by atoms with Crippen molar-refractivity contribution in [2.75, 3.05) is 0 Å². The first-order valence-corrected chi connectivity index (χ1v) is 6.89. The summed E-state index contributed by atoms with van der Waals surface area (Å²) in [6, 6.07) is 14.1. The minimum absolute atomic E-state index is 0.445. The standard InChI is InChI=1S/C17H17N3O/c1-14-11-20(13-21-12-15-5-3-2-4-6-15)19-17(14)16-7-9-18-10-8-16/h2-11H,12-13H2,1H3. The van der Waals surface area contributed by atoms with Crippen LogP contribution in [0.2, 0.25) is 0 Å².